The highest BCUT2D eigenvalue weighted by molar-refractivity contribution is 5.39. The fourth-order valence-electron chi connectivity index (χ4n) is 1.33. The van der Waals surface area contributed by atoms with Gasteiger partial charge in [-0.25, -0.2) is 0 Å². The van der Waals surface area contributed by atoms with Crippen LogP contribution in [0.1, 0.15) is 11.7 Å². The average Bonchev–Trinajstić information content (AvgIpc) is 2.30. The molecule has 0 spiro atoms. The van der Waals surface area contributed by atoms with Crippen LogP contribution >= 0.6 is 0 Å². The summed E-state index contributed by atoms with van der Waals surface area (Å²) in [4.78, 5) is 0. The number of methoxy groups -OCH3 is 3. The Morgan fingerprint density at radius 3 is 1.93 bits per heavy atom. The molecule has 0 heterocycles. The lowest BCUT2D eigenvalue weighted by molar-refractivity contribution is 0.0481. The average molecular weight is 212 g/mol. The van der Waals surface area contributed by atoms with Crippen LogP contribution in [0, 0.1) is 0 Å². The van der Waals surface area contributed by atoms with Crippen molar-refractivity contribution >= 4 is 0 Å². The van der Waals surface area contributed by atoms with Gasteiger partial charge in [0.25, 0.3) is 0 Å². The van der Waals surface area contributed by atoms with Gasteiger partial charge in [-0.2, -0.15) is 0 Å². The van der Waals surface area contributed by atoms with Crippen LogP contribution in [0.4, 0.5) is 0 Å². The van der Waals surface area contributed by atoms with Crippen molar-refractivity contribution in [2.75, 3.05) is 27.9 Å². The van der Waals surface area contributed by atoms with Crippen molar-refractivity contribution in [1.82, 2.24) is 0 Å². The molecule has 1 N–H and O–H groups in total. The number of aliphatic hydroxyl groups is 1. The normalized spacial score (nSPS) is 12.3. The summed E-state index contributed by atoms with van der Waals surface area (Å²) in [6, 6.07) is 5.40. The second-order valence-corrected chi connectivity index (χ2v) is 3.05. The molecule has 0 aromatic heterocycles. The molecule has 84 valence electrons. The van der Waals surface area contributed by atoms with Crippen LogP contribution in [0.15, 0.2) is 18.2 Å². The van der Waals surface area contributed by atoms with Gasteiger partial charge < -0.3 is 19.3 Å². The van der Waals surface area contributed by atoms with Gasteiger partial charge in [-0.1, -0.05) is 0 Å². The molecule has 0 saturated carbocycles. The van der Waals surface area contributed by atoms with Crippen molar-refractivity contribution in [3.8, 4) is 11.5 Å². The van der Waals surface area contributed by atoms with Gasteiger partial charge in [-0.15, -0.1) is 0 Å². The van der Waals surface area contributed by atoms with E-state index in [2.05, 4.69) is 0 Å². The van der Waals surface area contributed by atoms with E-state index in [1.54, 1.807) is 27.4 Å². The van der Waals surface area contributed by atoms with E-state index in [9.17, 15) is 0 Å². The van der Waals surface area contributed by atoms with Crippen molar-refractivity contribution in [2.45, 2.75) is 6.10 Å². The predicted octanol–water partition coefficient (Wildman–Crippen LogP) is 1.38. The SMILES string of the molecule is COc1cc(OC)cc(C(CO)OC)c1. The summed E-state index contributed by atoms with van der Waals surface area (Å²) in [5.41, 5.74) is 0.830. The summed E-state index contributed by atoms with van der Waals surface area (Å²) in [7, 11) is 4.71. The smallest absolute Gasteiger partial charge is 0.122 e. The molecular formula is C11H16O4. The first-order chi connectivity index (χ1) is 7.24. The fraction of sp³-hybridized carbons (Fsp3) is 0.455. The van der Waals surface area contributed by atoms with E-state index < -0.39 is 0 Å². The van der Waals surface area contributed by atoms with E-state index in [1.807, 2.05) is 12.1 Å². The van der Waals surface area contributed by atoms with Crippen LogP contribution in [-0.2, 0) is 4.74 Å². The monoisotopic (exact) mass is 212 g/mol. The lowest BCUT2D eigenvalue weighted by atomic mass is 10.1. The number of aliphatic hydroxyl groups excluding tert-OH is 1. The molecule has 15 heavy (non-hydrogen) atoms. The molecular weight excluding hydrogens is 196 g/mol. The third-order valence-electron chi connectivity index (χ3n) is 2.20. The van der Waals surface area contributed by atoms with Crippen LogP contribution in [0.5, 0.6) is 11.5 Å². The lowest BCUT2D eigenvalue weighted by Gasteiger charge is -2.15. The van der Waals surface area contributed by atoms with Crippen LogP contribution in [-0.4, -0.2) is 33.0 Å². The molecule has 1 aromatic carbocycles. The minimum absolute atomic E-state index is 0.0766. The highest BCUT2D eigenvalue weighted by Crippen LogP contribution is 2.27. The van der Waals surface area contributed by atoms with Crippen LogP contribution in [0.2, 0.25) is 0 Å². The Morgan fingerprint density at radius 2 is 1.60 bits per heavy atom. The number of ether oxygens (including phenoxy) is 3. The highest BCUT2D eigenvalue weighted by atomic mass is 16.5. The van der Waals surface area contributed by atoms with Gasteiger partial charge in [0, 0.05) is 13.2 Å². The Hall–Kier alpha value is -1.26. The molecule has 1 unspecified atom stereocenters. The highest BCUT2D eigenvalue weighted by Gasteiger charge is 2.11. The Kier molecular flexibility index (Phi) is 4.39. The number of rotatable bonds is 5. The molecule has 0 amide bonds. The summed E-state index contributed by atoms with van der Waals surface area (Å²) in [6.45, 7) is -0.0766. The van der Waals surface area contributed by atoms with E-state index in [-0.39, 0.29) is 12.7 Å². The first kappa shape index (κ1) is 11.8. The van der Waals surface area contributed by atoms with Crippen molar-refractivity contribution in [3.05, 3.63) is 23.8 Å². The molecule has 0 radical (unpaired) electrons. The Balaban J connectivity index is 3.05. The number of hydrogen-bond acceptors (Lipinski definition) is 4. The van der Waals surface area contributed by atoms with E-state index in [1.165, 1.54) is 0 Å². The molecule has 4 heteroatoms. The summed E-state index contributed by atoms with van der Waals surface area (Å²) >= 11 is 0. The Bertz CT molecular complexity index is 285. The second-order valence-electron chi connectivity index (χ2n) is 3.05. The predicted molar refractivity (Wildman–Crippen MR) is 56.4 cm³/mol. The quantitative estimate of drug-likeness (QED) is 0.801. The molecule has 0 aliphatic carbocycles. The largest absolute Gasteiger partial charge is 0.497 e. The molecule has 0 aliphatic heterocycles. The maximum absolute atomic E-state index is 9.10. The summed E-state index contributed by atoms with van der Waals surface area (Å²) in [5, 5.41) is 9.10. The zero-order valence-corrected chi connectivity index (χ0v) is 9.19. The molecule has 1 aromatic rings. The first-order valence-electron chi connectivity index (χ1n) is 4.61. The van der Waals surface area contributed by atoms with Gasteiger partial charge in [0.05, 0.1) is 20.8 Å². The van der Waals surface area contributed by atoms with Gasteiger partial charge in [0.15, 0.2) is 0 Å². The van der Waals surface area contributed by atoms with Gasteiger partial charge in [-0.3, -0.25) is 0 Å². The van der Waals surface area contributed by atoms with Gasteiger partial charge in [0.2, 0.25) is 0 Å². The van der Waals surface area contributed by atoms with Crippen molar-refractivity contribution in [1.29, 1.82) is 0 Å². The standard InChI is InChI=1S/C11H16O4/c1-13-9-4-8(11(7-12)15-3)5-10(6-9)14-2/h4-6,11-12H,7H2,1-3H3. The zero-order chi connectivity index (χ0) is 11.3. The Morgan fingerprint density at radius 1 is 1.07 bits per heavy atom. The van der Waals surface area contributed by atoms with Crippen molar-refractivity contribution in [3.63, 3.8) is 0 Å². The van der Waals surface area contributed by atoms with Crippen LogP contribution in [0.3, 0.4) is 0 Å². The van der Waals surface area contributed by atoms with Crippen LogP contribution < -0.4 is 9.47 Å². The van der Waals surface area contributed by atoms with Crippen molar-refractivity contribution < 1.29 is 19.3 Å². The van der Waals surface area contributed by atoms with Gasteiger partial charge in [0.1, 0.15) is 17.6 Å². The van der Waals surface area contributed by atoms with Crippen molar-refractivity contribution in [2.24, 2.45) is 0 Å². The first-order valence-corrected chi connectivity index (χ1v) is 4.61. The molecule has 1 atom stereocenters. The third kappa shape index (κ3) is 2.84. The maximum atomic E-state index is 9.10. The molecule has 1 rings (SSSR count). The summed E-state index contributed by atoms with van der Waals surface area (Å²) in [5.74, 6) is 1.36. The Labute approximate surface area is 89.4 Å². The van der Waals surface area contributed by atoms with E-state index in [4.69, 9.17) is 19.3 Å². The topological polar surface area (TPSA) is 47.9 Å². The summed E-state index contributed by atoms with van der Waals surface area (Å²) in [6.07, 6.45) is -0.353. The molecule has 4 nitrogen and oxygen atoms in total. The fourth-order valence-corrected chi connectivity index (χ4v) is 1.33. The minimum atomic E-state index is -0.353. The number of benzene rings is 1. The van der Waals surface area contributed by atoms with E-state index in [0.29, 0.717) is 11.5 Å². The van der Waals surface area contributed by atoms with Gasteiger partial charge >= 0.3 is 0 Å². The maximum Gasteiger partial charge on any atom is 0.122 e. The lowest BCUT2D eigenvalue weighted by Crippen LogP contribution is -2.06. The minimum Gasteiger partial charge on any atom is -0.497 e. The summed E-state index contributed by atoms with van der Waals surface area (Å²) < 4.78 is 15.4. The van der Waals surface area contributed by atoms with E-state index >= 15 is 0 Å². The molecule has 0 saturated heterocycles. The molecule has 0 bridgehead atoms. The van der Waals surface area contributed by atoms with Gasteiger partial charge in [-0.05, 0) is 17.7 Å². The zero-order valence-electron chi connectivity index (χ0n) is 9.19. The van der Waals surface area contributed by atoms with Crippen LogP contribution in [0.25, 0.3) is 0 Å². The van der Waals surface area contributed by atoms with E-state index in [0.717, 1.165) is 5.56 Å². The molecule has 0 aliphatic rings. The second kappa shape index (κ2) is 5.58. The number of hydrogen-bond donors (Lipinski definition) is 1. The third-order valence-corrected chi connectivity index (χ3v) is 2.20. The molecule has 0 fully saturated rings.